The summed E-state index contributed by atoms with van der Waals surface area (Å²) in [5.41, 5.74) is 0.543. The van der Waals surface area contributed by atoms with E-state index >= 15 is 0 Å². The minimum atomic E-state index is 0.0929. The second kappa shape index (κ2) is 4.96. The van der Waals surface area contributed by atoms with Crippen LogP contribution in [0.15, 0.2) is 0 Å². The summed E-state index contributed by atoms with van der Waals surface area (Å²) in [6, 6.07) is 0. The first-order valence-electron chi connectivity index (χ1n) is 6.94. The van der Waals surface area contributed by atoms with Crippen molar-refractivity contribution in [3.05, 3.63) is 5.82 Å². The molecule has 0 bridgehead atoms. The third kappa shape index (κ3) is 3.07. The highest BCUT2D eigenvalue weighted by Crippen LogP contribution is 2.45. The lowest BCUT2D eigenvalue weighted by atomic mass is 9.67. The summed E-state index contributed by atoms with van der Waals surface area (Å²) < 4.78 is 1.99. The fourth-order valence-electron chi connectivity index (χ4n) is 2.43. The first-order valence-corrected chi connectivity index (χ1v) is 6.94. The molecular weight excluding hydrogens is 226 g/mol. The average molecular weight is 251 g/mol. The molecule has 1 heterocycles. The normalized spacial score (nSPS) is 18.7. The van der Waals surface area contributed by atoms with Gasteiger partial charge in [-0.1, -0.05) is 13.3 Å². The highest BCUT2D eigenvalue weighted by Gasteiger charge is 2.36. The lowest BCUT2D eigenvalue weighted by molar-refractivity contribution is 0.0923. The average Bonchev–Trinajstić information content (AvgIpc) is 2.67. The van der Waals surface area contributed by atoms with Crippen molar-refractivity contribution < 1.29 is 0 Å². The molecule has 1 aromatic heterocycles. The lowest BCUT2D eigenvalue weighted by Crippen LogP contribution is -2.38. The number of nitrogens with zero attached hydrogens (tertiary/aromatic N) is 4. The van der Waals surface area contributed by atoms with E-state index in [1.807, 2.05) is 4.68 Å². The van der Waals surface area contributed by atoms with Gasteiger partial charge < -0.3 is 5.32 Å². The molecule has 5 heteroatoms. The fraction of sp³-hybridized carbons (Fsp3) is 0.923. The van der Waals surface area contributed by atoms with E-state index in [9.17, 15) is 0 Å². The van der Waals surface area contributed by atoms with Crippen molar-refractivity contribution in [1.29, 1.82) is 0 Å². The molecule has 2 rings (SSSR count). The predicted molar refractivity (Wildman–Crippen MR) is 71.0 cm³/mol. The van der Waals surface area contributed by atoms with Gasteiger partial charge in [0.25, 0.3) is 0 Å². The molecule has 1 aromatic rings. The summed E-state index contributed by atoms with van der Waals surface area (Å²) in [5.74, 6) is 0.949. The fourth-order valence-corrected chi connectivity index (χ4v) is 2.43. The van der Waals surface area contributed by atoms with Gasteiger partial charge in [0.2, 0.25) is 0 Å². The van der Waals surface area contributed by atoms with Gasteiger partial charge in [-0.2, -0.15) is 0 Å². The smallest absolute Gasteiger partial charge is 0.165 e. The molecule has 18 heavy (non-hydrogen) atoms. The van der Waals surface area contributed by atoms with Crippen molar-refractivity contribution >= 4 is 0 Å². The number of nitrogens with one attached hydrogen (secondary N) is 1. The SMILES string of the molecule is CCC1(Cn2nnnc2CNC(C)(C)C)CCC1. The Labute approximate surface area is 109 Å². The van der Waals surface area contributed by atoms with E-state index < -0.39 is 0 Å². The van der Waals surface area contributed by atoms with E-state index in [4.69, 9.17) is 0 Å². The minimum Gasteiger partial charge on any atom is -0.305 e. The van der Waals surface area contributed by atoms with Gasteiger partial charge in [0.05, 0.1) is 13.1 Å². The van der Waals surface area contributed by atoms with Gasteiger partial charge in [-0.05, 0) is 55.9 Å². The van der Waals surface area contributed by atoms with Crippen molar-refractivity contribution in [3.8, 4) is 0 Å². The van der Waals surface area contributed by atoms with E-state index in [0.29, 0.717) is 5.41 Å². The van der Waals surface area contributed by atoms with E-state index in [-0.39, 0.29) is 5.54 Å². The molecule has 0 amide bonds. The summed E-state index contributed by atoms with van der Waals surface area (Å²) in [4.78, 5) is 0. The Hall–Kier alpha value is -0.970. The van der Waals surface area contributed by atoms with Gasteiger partial charge >= 0.3 is 0 Å². The van der Waals surface area contributed by atoms with Gasteiger partial charge in [0, 0.05) is 5.54 Å². The van der Waals surface area contributed by atoms with Crippen LogP contribution in [0.2, 0.25) is 0 Å². The zero-order valence-electron chi connectivity index (χ0n) is 12.0. The van der Waals surface area contributed by atoms with Crippen LogP contribution in [0.3, 0.4) is 0 Å². The second-order valence-electron chi connectivity index (χ2n) is 6.56. The molecule has 0 aromatic carbocycles. The number of rotatable bonds is 5. The number of hydrogen-bond donors (Lipinski definition) is 1. The van der Waals surface area contributed by atoms with Crippen LogP contribution in [-0.2, 0) is 13.1 Å². The third-order valence-electron chi connectivity index (χ3n) is 4.03. The quantitative estimate of drug-likeness (QED) is 0.871. The zero-order valence-corrected chi connectivity index (χ0v) is 12.0. The molecule has 0 radical (unpaired) electrons. The Morgan fingerprint density at radius 2 is 2.06 bits per heavy atom. The third-order valence-corrected chi connectivity index (χ3v) is 4.03. The summed E-state index contributed by atoms with van der Waals surface area (Å²) in [5, 5.41) is 15.5. The summed E-state index contributed by atoms with van der Waals surface area (Å²) in [6.45, 7) is 10.4. The van der Waals surface area contributed by atoms with E-state index in [2.05, 4.69) is 48.5 Å². The zero-order chi connectivity index (χ0) is 13.2. The van der Waals surface area contributed by atoms with Gasteiger partial charge in [-0.15, -0.1) is 5.10 Å². The predicted octanol–water partition coefficient (Wildman–Crippen LogP) is 2.14. The summed E-state index contributed by atoms with van der Waals surface area (Å²) in [7, 11) is 0. The molecule has 0 spiro atoms. The van der Waals surface area contributed by atoms with Crippen molar-refractivity contribution in [1.82, 2.24) is 25.5 Å². The molecule has 5 nitrogen and oxygen atoms in total. The molecule has 0 atom stereocenters. The van der Waals surface area contributed by atoms with Crippen LogP contribution in [-0.4, -0.2) is 25.7 Å². The van der Waals surface area contributed by atoms with E-state index in [1.165, 1.54) is 25.7 Å². The van der Waals surface area contributed by atoms with Crippen molar-refractivity contribution in [2.24, 2.45) is 5.41 Å². The van der Waals surface area contributed by atoms with Crippen molar-refractivity contribution in [3.63, 3.8) is 0 Å². The molecule has 1 saturated carbocycles. The Kier molecular flexibility index (Phi) is 3.71. The maximum Gasteiger partial charge on any atom is 0.165 e. The van der Waals surface area contributed by atoms with Gasteiger partial charge in [0.15, 0.2) is 5.82 Å². The number of hydrogen-bond acceptors (Lipinski definition) is 4. The van der Waals surface area contributed by atoms with Crippen molar-refractivity contribution in [2.45, 2.75) is 72.0 Å². The van der Waals surface area contributed by atoms with E-state index in [1.54, 1.807) is 0 Å². The summed E-state index contributed by atoms with van der Waals surface area (Å²) in [6.07, 6.45) is 5.20. The van der Waals surface area contributed by atoms with Crippen LogP contribution in [0.1, 0.15) is 59.2 Å². The maximum atomic E-state index is 4.15. The first kappa shape index (κ1) is 13.5. The Morgan fingerprint density at radius 1 is 1.33 bits per heavy atom. The molecule has 0 saturated heterocycles. The van der Waals surface area contributed by atoms with Crippen LogP contribution in [0.25, 0.3) is 0 Å². The molecule has 102 valence electrons. The van der Waals surface area contributed by atoms with E-state index in [0.717, 1.165) is 18.9 Å². The standard InChI is InChI=1S/C13H25N5/c1-5-13(7-6-8-13)10-18-11(15-16-17-18)9-14-12(2,3)4/h14H,5-10H2,1-4H3. The van der Waals surface area contributed by atoms with Gasteiger partial charge in [0.1, 0.15) is 0 Å². The minimum absolute atomic E-state index is 0.0929. The monoisotopic (exact) mass is 251 g/mol. The second-order valence-corrected chi connectivity index (χ2v) is 6.56. The Balaban J connectivity index is 1.99. The molecule has 1 aliphatic carbocycles. The molecule has 1 N–H and O–H groups in total. The van der Waals surface area contributed by atoms with Gasteiger partial charge in [-0.3, -0.25) is 0 Å². The number of tetrazole rings is 1. The van der Waals surface area contributed by atoms with Crippen LogP contribution in [0.4, 0.5) is 0 Å². The lowest BCUT2D eigenvalue weighted by Gasteiger charge is -2.41. The molecular formula is C13H25N5. The van der Waals surface area contributed by atoms with Crippen LogP contribution < -0.4 is 5.32 Å². The molecule has 1 aliphatic rings. The topological polar surface area (TPSA) is 55.6 Å². The van der Waals surface area contributed by atoms with Crippen molar-refractivity contribution in [2.75, 3.05) is 0 Å². The van der Waals surface area contributed by atoms with Crippen LogP contribution >= 0.6 is 0 Å². The van der Waals surface area contributed by atoms with Crippen LogP contribution in [0, 0.1) is 5.41 Å². The largest absolute Gasteiger partial charge is 0.305 e. The highest BCUT2D eigenvalue weighted by atomic mass is 15.5. The maximum absolute atomic E-state index is 4.15. The molecule has 0 aliphatic heterocycles. The number of aromatic nitrogens is 4. The Bertz CT molecular complexity index is 381. The van der Waals surface area contributed by atoms with Gasteiger partial charge in [-0.25, -0.2) is 4.68 Å². The highest BCUT2D eigenvalue weighted by molar-refractivity contribution is 4.90. The van der Waals surface area contributed by atoms with Crippen LogP contribution in [0.5, 0.6) is 0 Å². The molecule has 1 fully saturated rings. The Morgan fingerprint density at radius 3 is 2.56 bits per heavy atom. The first-order chi connectivity index (χ1) is 8.44. The molecule has 0 unspecified atom stereocenters. The summed E-state index contributed by atoms with van der Waals surface area (Å²) >= 11 is 0.